The molecule has 2 rings (SSSR count). The van der Waals surface area contributed by atoms with Gasteiger partial charge in [-0.15, -0.1) is 0 Å². The van der Waals surface area contributed by atoms with E-state index in [9.17, 15) is 0 Å². The zero-order chi connectivity index (χ0) is 9.26. The van der Waals surface area contributed by atoms with Gasteiger partial charge >= 0.3 is 0 Å². The third kappa shape index (κ3) is 2.89. The summed E-state index contributed by atoms with van der Waals surface area (Å²) in [7, 11) is 1.88. The minimum absolute atomic E-state index is 0. The molecule has 0 unspecified atom stereocenters. The number of rotatable bonds is 1. The number of aromatic nitrogens is 1. The van der Waals surface area contributed by atoms with Gasteiger partial charge < -0.3 is 23.5 Å². The maximum atomic E-state index is 7.37. The van der Waals surface area contributed by atoms with Crippen LogP contribution < -0.4 is 5.32 Å². The molecule has 0 spiro atoms. The predicted octanol–water partition coefficient (Wildman–Crippen LogP) is 3.41. The molecule has 0 amide bonds. The summed E-state index contributed by atoms with van der Waals surface area (Å²) in [6.07, 6.45) is 0. The van der Waals surface area contributed by atoms with Crippen molar-refractivity contribution in [1.29, 1.82) is 0 Å². The second-order valence-corrected chi connectivity index (χ2v) is 2.82. The number of nitrogens with zero attached hydrogens (tertiary/aromatic N) is 1. The van der Waals surface area contributed by atoms with Gasteiger partial charge in [0.05, 0.1) is 0 Å². The summed E-state index contributed by atoms with van der Waals surface area (Å²) in [5, 5.41) is 4.14. The molecule has 0 saturated heterocycles. The van der Waals surface area contributed by atoms with E-state index in [2.05, 4.69) is 10.3 Å². The van der Waals surface area contributed by atoms with Crippen molar-refractivity contribution in [2.24, 2.45) is 0 Å². The van der Waals surface area contributed by atoms with Crippen molar-refractivity contribution in [2.45, 2.75) is 0 Å². The number of pyridine rings is 1. The molecule has 1 heterocycles. The smallest absolute Gasteiger partial charge is 0.0413 e. The average molecular weight is 276 g/mol. The van der Waals surface area contributed by atoms with Gasteiger partial charge in [0, 0.05) is 50.8 Å². The van der Waals surface area contributed by atoms with Crippen molar-refractivity contribution in [3.05, 3.63) is 43.5 Å². The van der Waals surface area contributed by atoms with Gasteiger partial charge in [0.1, 0.15) is 0 Å². The number of benzene rings is 1. The monoisotopic (exact) mass is 276 g/mol. The van der Waals surface area contributed by atoms with Crippen molar-refractivity contribution in [3.8, 4) is 0 Å². The van der Waals surface area contributed by atoms with E-state index in [0.29, 0.717) is 5.82 Å². The first-order valence-corrected chi connectivity index (χ1v) is 4.10. The Hall–Kier alpha value is -0.666. The van der Waals surface area contributed by atoms with Gasteiger partial charge in [-0.1, -0.05) is 30.1 Å². The Bertz CT molecular complexity index is 443. The van der Waals surface area contributed by atoms with Crippen molar-refractivity contribution >= 4 is 22.4 Å². The van der Waals surface area contributed by atoms with E-state index >= 15 is 0 Å². The minimum Gasteiger partial charge on any atom is -0.482 e. The standard InChI is InChI=1S/C10H10N3.CH3.Y/c1-12-8-3-2-4-9-7(8)5-6-10(11)13-9;;/h2-6,12H,1H3,(H-,11,13);1H3;/q2*-1;. The Labute approximate surface area is 115 Å². The summed E-state index contributed by atoms with van der Waals surface area (Å²) in [4.78, 5) is 4.11. The fourth-order valence-electron chi connectivity index (χ4n) is 1.37. The number of hydrogen-bond donors (Lipinski definition) is 1. The molecule has 2 N–H and O–H groups in total. The maximum absolute atomic E-state index is 7.37. The van der Waals surface area contributed by atoms with Crippen molar-refractivity contribution < 1.29 is 32.7 Å². The first-order chi connectivity index (χ1) is 6.31. The summed E-state index contributed by atoms with van der Waals surface area (Å²) >= 11 is 0. The van der Waals surface area contributed by atoms with E-state index < -0.39 is 0 Å². The maximum Gasteiger partial charge on any atom is 0.0413 e. The summed E-state index contributed by atoms with van der Waals surface area (Å²) < 4.78 is 0. The molecule has 0 fully saturated rings. The number of fused-ring (bicyclic) bond motifs is 1. The molecule has 0 saturated carbocycles. The minimum atomic E-state index is 0. The molecule has 1 aromatic heterocycles. The molecule has 0 atom stereocenters. The molecule has 0 aliphatic heterocycles. The average Bonchev–Trinajstić information content (AvgIpc) is 2.16. The van der Waals surface area contributed by atoms with Gasteiger partial charge in [-0.3, -0.25) is 0 Å². The normalized spacial score (nSPS) is 8.87. The molecule has 77 valence electrons. The van der Waals surface area contributed by atoms with E-state index in [0.717, 1.165) is 16.6 Å². The summed E-state index contributed by atoms with van der Waals surface area (Å²) in [5.74, 6) is 0.306. The van der Waals surface area contributed by atoms with E-state index in [1.54, 1.807) is 6.07 Å². The van der Waals surface area contributed by atoms with Crippen LogP contribution in [-0.4, -0.2) is 12.0 Å². The molecule has 0 aliphatic carbocycles. The summed E-state index contributed by atoms with van der Waals surface area (Å²) in [6, 6.07) is 9.45. The first-order valence-electron chi connectivity index (χ1n) is 4.10. The second-order valence-electron chi connectivity index (χ2n) is 2.82. The molecule has 1 radical (unpaired) electrons. The molecule has 3 nitrogen and oxygen atoms in total. The molecule has 1 aromatic carbocycles. The van der Waals surface area contributed by atoms with Crippen LogP contribution in [0.2, 0.25) is 0 Å². The van der Waals surface area contributed by atoms with Gasteiger partial charge in [-0.25, -0.2) is 0 Å². The van der Waals surface area contributed by atoms with Gasteiger partial charge in [0.15, 0.2) is 0 Å². The van der Waals surface area contributed by atoms with E-state index in [1.807, 2.05) is 31.3 Å². The Morgan fingerprint density at radius 3 is 2.60 bits per heavy atom. The topological polar surface area (TPSA) is 48.7 Å². The molecule has 0 bridgehead atoms. The summed E-state index contributed by atoms with van der Waals surface area (Å²) in [5.41, 5.74) is 9.28. The Balaban J connectivity index is 0.000000980. The van der Waals surface area contributed by atoms with Gasteiger partial charge in [0.25, 0.3) is 0 Å². The molecular formula is C11H13N3Y-2. The van der Waals surface area contributed by atoms with Crippen molar-refractivity contribution in [1.82, 2.24) is 4.98 Å². The van der Waals surface area contributed by atoms with Crippen LogP contribution in [0.3, 0.4) is 0 Å². The Morgan fingerprint density at radius 1 is 1.20 bits per heavy atom. The predicted molar refractivity (Wildman–Crippen MR) is 61.7 cm³/mol. The van der Waals surface area contributed by atoms with Crippen molar-refractivity contribution in [3.63, 3.8) is 0 Å². The largest absolute Gasteiger partial charge is 0.482 e. The van der Waals surface area contributed by atoms with E-state index in [-0.39, 0.29) is 40.1 Å². The molecule has 0 aliphatic rings. The molecular weight excluding hydrogens is 263 g/mol. The van der Waals surface area contributed by atoms with Crippen LogP contribution in [0.5, 0.6) is 0 Å². The molecule has 2 aromatic rings. The third-order valence-electron chi connectivity index (χ3n) is 2.00. The van der Waals surface area contributed by atoms with Crippen LogP contribution in [0.1, 0.15) is 0 Å². The SMILES string of the molecule is CNc1cccc2nc([NH-])ccc12.[CH3-].[Y]. The quantitative estimate of drug-likeness (QED) is 0.811. The van der Waals surface area contributed by atoms with Crippen LogP contribution in [0.25, 0.3) is 16.6 Å². The van der Waals surface area contributed by atoms with Crippen LogP contribution >= 0.6 is 0 Å². The number of anilines is 1. The molecule has 4 heteroatoms. The van der Waals surface area contributed by atoms with Crippen LogP contribution in [0.15, 0.2) is 30.3 Å². The molecule has 15 heavy (non-hydrogen) atoms. The fraction of sp³-hybridized carbons (Fsp3) is 0.0909. The Morgan fingerprint density at radius 2 is 1.93 bits per heavy atom. The van der Waals surface area contributed by atoms with Gasteiger partial charge in [0.2, 0.25) is 0 Å². The van der Waals surface area contributed by atoms with Crippen molar-refractivity contribution in [2.75, 3.05) is 12.4 Å². The second kappa shape index (κ2) is 6.03. The van der Waals surface area contributed by atoms with Crippen LogP contribution in [-0.2, 0) is 32.7 Å². The number of hydrogen-bond acceptors (Lipinski definition) is 2. The van der Waals surface area contributed by atoms with Crippen LogP contribution in [0, 0.1) is 7.43 Å². The first kappa shape index (κ1) is 14.3. The zero-order valence-corrected chi connectivity index (χ0v) is 11.7. The number of nitrogens with one attached hydrogen (secondary N) is 2. The van der Waals surface area contributed by atoms with Gasteiger partial charge in [-0.2, -0.15) is 0 Å². The van der Waals surface area contributed by atoms with Crippen LogP contribution in [0.4, 0.5) is 11.5 Å². The Kier molecular flexibility index (Phi) is 5.77. The van der Waals surface area contributed by atoms with E-state index in [1.165, 1.54) is 0 Å². The zero-order valence-electron chi connectivity index (χ0n) is 8.91. The fourth-order valence-corrected chi connectivity index (χ4v) is 1.37. The van der Waals surface area contributed by atoms with Gasteiger partial charge in [-0.05, 0) is 11.6 Å². The van der Waals surface area contributed by atoms with E-state index in [4.69, 9.17) is 5.73 Å². The third-order valence-corrected chi connectivity index (χ3v) is 2.00. The summed E-state index contributed by atoms with van der Waals surface area (Å²) in [6.45, 7) is 0.